The van der Waals surface area contributed by atoms with Crippen LogP contribution in [0.15, 0.2) is 24.3 Å². The van der Waals surface area contributed by atoms with Gasteiger partial charge in [0.2, 0.25) is 5.91 Å². The summed E-state index contributed by atoms with van der Waals surface area (Å²) in [7, 11) is 1.80. The minimum absolute atomic E-state index is 0.00501. The monoisotopic (exact) mass is 295 g/mol. The van der Waals surface area contributed by atoms with Gasteiger partial charge in [0, 0.05) is 17.3 Å². The first-order chi connectivity index (χ1) is 9.36. The van der Waals surface area contributed by atoms with Crippen molar-refractivity contribution >= 4 is 28.8 Å². The third-order valence-electron chi connectivity index (χ3n) is 3.36. The normalized spacial score (nSPS) is 13.8. The maximum absolute atomic E-state index is 12.2. The number of aliphatic hydroxyl groups excluding tert-OH is 1. The molecule has 2 atom stereocenters. The summed E-state index contributed by atoms with van der Waals surface area (Å²) in [6, 6.07) is 6.66. The zero-order chi connectivity index (χ0) is 15.3. The number of rotatable bonds is 6. The van der Waals surface area contributed by atoms with Crippen molar-refractivity contribution in [2.24, 2.45) is 5.73 Å². The topological polar surface area (TPSA) is 78.6 Å². The minimum Gasteiger partial charge on any atom is -0.395 e. The van der Waals surface area contributed by atoms with Gasteiger partial charge < -0.3 is 16.2 Å². The first-order valence-electron chi connectivity index (χ1n) is 6.40. The lowest BCUT2D eigenvalue weighted by Crippen LogP contribution is -2.45. The predicted octanol–water partition coefficient (Wildman–Crippen LogP) is 0.960. The first kappa shape index (κ1) is 16.6. The summed E-state index contributed by atoms with van der Waals surface area (Å²) in [4.78, 5) is 14.3. The molecule has 0 aromatic heterocycles. The molecule has 4 N–H and O–H groups in total. The molecule has 0 bridgehead atoms. The Balaban J connectivity index is 2.75. The number of amides is 1. The van der Waals surface area contributed by atoms with Gasteiger partial charge in [0.05, 0.1) is 12.6 Å². The Morgan fingerprint density at radius 1 is 1.50 bits per heavy atom. The summed E-state index contributed by atoms with van der Waals surface area (Å²) in [6.07, 6.45) is 0. The van der Waals surface area contributed by atoms with E-state index in [2.05, 4.69) is 5.32 Å². The van der Waals surface area contributed by atoms with E-state index in [1.54, 1.807) is 38.2 Å². The van der Waals surface area contributed by atoms with Crippen molar-refractivity contribution in [3.05, 3.63) is 29.8 Å². The Morgan fingerprint density at radius 2 is 2.15 bits per heavy atom. The summed E-state index contributed by atoms with van der Waals surface area (Å²) >= 11 is 4.91. The highest BCUT2D eigenvalue weighted by molar-refractivity contribution is 7.80. The number of carbonyl (C=O) groups is 1. The van der Waals surface area contributed by atoms with Gasteiger partial charge in [0.15, 0.2) is 0 Å². The van der Waals surface area contributed by atoms with Crippen molar-refractivity contribution < 1.29 is 9.90 Å². The number of nitrogens with two attached hydrogens (primary N) is 1. The molecular weight excluding hydrogens is 274 g/mol. The molecule has 1 aromatic carbocycles. The van der Waals surface area contributed by atoms with Crippen LogP contribution in [-0.4, -0.2) is 46.6 Å². The largest absolute Gasteiger partial charge is 0.395 e. The molecule has 0 fully saturated rings. The van der Waals surface area contributed by atoms with E-state index in [9.17, 15) is 4.79 Å². The van der Waals surface area contributed by atoms with Crippen LogP contribution in [0.2, 0.25) is 0 Å². The van der Waals surface area contributed by atoms with Gasteiger partial charge in [-0.15, -0.1) is 0 Å². The van der Waals surface area contributed by atoms with E-state index in [1.807, 2.05) is 11.8 Å². The van der Waals surface area contributed by atoms with Crippen molar-refractivity contribution in [2.45, 2.75) is 25.9 Å². The second-order valence-electron chi connectivity index (χ2n) is 4.81. The van der Waals surface area contributed by atoms with Crippen molar-refractivity contribution in [1.82, 2.24) is 4.90 Å². The molecule has 6 heteroatoms. The van der Waals surface area contributed by atoms with E-state index >= 15 is 0 Å². The van der Waals surface area contributed by atoms with Gasteiger partial charge in [-0.05, 0) is 33.0 Å². The van der Waals surface area contributed by atoms with E-state index < -0.39 is 0 Å². The van der Waals surface area contributed by atoms with Crippen molar-refractivity contribution in [3.8, 4) is 0 Å². The van der Waals surface area contributed by atoms with Gasteiger partial charge in [0.25, 0.3) is 0 Å². The molecule has 1 rings (SSSR count). The van der Waals surface area contributed by atoms with Crippen LogP contribution in [0.3, 0.4) is 0 Å². The molecule has 0 saturated heterocycles. The molecule has 1 amide bonds. The third-order valence-corrected chi connectivity index (χ3v) is 3.60. The Kier molecular flexibility index (Phi) is 6.06. The summed E-state index contributed by atoms with van der Waals surface area (Å²) in [5.74, 6) is -0.145. The number of anilines is 1. The number of carbonyl (C=O) groups excluding carboxylic acids is 1. The van der Waals surface area contributed by atoms with Crippen LogP contribution in [-0.2, 0) is 4.79 Å². The summed E-state index contributed by atoms with van der Waals surface area (Å²) in [5.41, 5.74) is 6.92. The summed E-state index contributed by atoms with van der Waals surface area (Å²) < 4.78 is 0. The Labute approximate surface area is 124 Å². The molecular formula is C14H21N3O2S. The number of likely N-dealkylation sites (N-methyl/N-ethyl adjacent to an activating group) is 1. The predicted molar refractivity (Wildman–Crippen MR) is 84.7 cm³/mol. The van der Waals surface area contributed by atoms with Crippen molar-refractivity contribution in [2.75, 3.05) is 19.0 Å². The van der Waals surface area contributed by atoms with Gasteiger partial charge >= 0.3 is 0 Å². The first-order valence-corrected chi connectivity index (χ1v) is 6.81. The number of benzene rings is 1. The zero-order valence-corrected chi connectivity index (χ0v) is 12.8. The number of nitrogens with one attached hydrogen (secondary N) is 1. The van der Waals surface area contributed by atoms with Gasteiger partial charge in [0.1, 0.15) is 4.99 Å². The molecule has 0 aliphatic rings. The van der Waals surface area contributed by atoms with Crippen LogP contribution in [0.1, 0.15) is 19.4 Å². The molecule has 0 spiro atoms. The lowest BCUT2D eigenvalue weighted by atomic mass is 10.1. The lowest BCUT2D eigenvalue weighted by molar-refractivity contribution is -0.121. The van der Waals surface area contributed by atoms with E-state index in [0.717, 1.165) is 0 Å². The highest BCUT2D eigenvalue weighted by Gasteiger charge is 2.21. The average molecular weight is 295 g/mol. The molecule has 5 nitrogen and oxygen atoms in total. The molecule has 0 aliphatic carbocycles. The van der Waals surface area contributed by atoms with Crippen LogP contribution < -0.4 is 11.1 Å². The van der Waals surface area contributed by atoms with Crippen LogP contribution >= 0.6 is 12.2 Å². The highest BCUT2D eigenvalue weighted by atomic mass is 32.1. The van der Waals surface area contributed by atoms with E-state index in [0.29, 0.717) is 16.2 Å². The second-order valence-corrected chi connectivity index (χ2v) is 5.25. The Morgan fingerprint density at radius 3 is 2.70 bits per heavy atom. The van der Waals surface area contributed by atoms with E-state index in [-0.39, 0.29) is 24.6 Å². The van der Waals surface area contributed by atoms with Crippen LogP contribution in [0, 0.1) is 0 Å². The van der Waals surface area contributed by atoms with E-state index in [1.165, 1.54) is 0 Å². The average Bonchev–Trinajstić information content (AvgIpc) is 2.44. The Hall–Kier alpha value is -1.50. The summed E-state index contributed by atoms with van der Waals surface area (Å²) in [5, 5.41) is 11.9. The number of hydrogen-bond donors (Lipinski definition) is 3. The van der Waals surface area contributed by atoms with E-state index in [4.69, 9.17) is 23.1 Å². The molecule has 0 aliphatic heterocycles. The fourth-order valence-corrected chi connectivity index (χ4v) is 1.82. The van der Waals surface area contributed by atoms with Gasteiger partial charge in [-0.25, -0.2) is 0 Å². The fourth-order valence-electron chi connectivity index (χ4n) is 1.69. The molecule has 2 unspecified atom stereocenters. The van der Waals surface area contributed by atoms with Gasteiger partial charge in [-0.3, -0.25) is 9.69 Å². The zero-order valence-electron chi connectivity index (χ0n) is 12.0. The Bertz CT molecular complexity index is 493. The number of aliphatic hydroxyl groups is 1. The number of nitrogens with zero attached hydrogens (tertiary/aromatic N) is 1. The van der Waals surface area contributed by atoms with Crippen molar-refractivity contribution in [3.63, 3.8) is 0 Å². The minimum atomic E-state index is -0.356. The molecule has 1 aromatic rings. The molecule has 0 saturated carbocycles. The smallest absolute Gasteiger partial charge is 0.241 e. The number of hydrogen-bond acceptors (Lipinski definition) is 4. The van der Waals surface area contributed by atoms with Gasteiger partial charge in [-0.2, -0.15) is 0 Å². The van der Waals surface area contributed by atoms with Crippen LogP contribution in [0.25, 0.3) is 0 Å². The molecule has 20 heavy (non-hydrogen) atoms. The maximum atomic E-state index is 12.2. The maximum Gasteiger partial charge on any atom is 0.241 e. The second kappa shape index (κ2) is 7.33. The third kappa shape index (κ3) is 4.26. The standard InChI is InChI=1S/C14H21N3O2S/c1-9(8-18)17(3)10(2)14(19)16-12-6-4-5-11(7-12)13(15)20/h4-7,9-10,18H,8H2,1-3H3,(H2,15,20)(H,16,19). The molecule has 0 heterocycles. The molecule has 110 valence electrons. The number of thiocarbonyl (C=S) groups is 1. The lowest BCUT2D eigenvalue weighted by Gasteiger charge is -2.28. The van der Waals surface area contributed by atoms with Gasteiger partial charge in [-0.1, -0.05) is 24.4 Å². The fraction of sp³-hybridized carbons (Fsp3) is 0.429. The SMILES string of the molecule is CC(CO)N(C)C(C)C(=O)Nc1cccc(C(N)=S)c1. The van der Waals surface area contributed by atoms with Crippen molar-refractivity contribution in [1.29, 1.82) is 0 Å². The highest BCUT2D eigenvalue weighted by Crippen LogP contribution is 2.12. The molecule has 0 radical (unpaired) electrons. The van der Waals surface area contributed by atoms with Crippen LogP contribution in [0.5, 0.6) is 0 Å². The van der Waals surface area contributed by atoms with Crippen LogP contribution in [0.4, 0.5) is 5.69 Å². The summed E-state index contributed by atoms with van der Waals surface area (Å²) in [6.45, 7) is 3.65. The quantitative estimate of drug-likeness (QED) is 0.681.